The Labute approximate surface area is 104 Å². The van der Waals surface area contributed by atoms with Gasteiger partial charge in [0.1, 0.15) is 0 Å². The normalized spacial score (nSPS) is 26.4. The van der Waals surface area contributed by atoms with Gasteiger partial charge < -0.3 is 10.1 Å². The largest absolute Gasteiger partial charge is 0.377 e. The summed E-state index contributed by atoms with van der Waals surface area (Å²) >= 11 is 0. The van der Waals surface area contributed by atoms with Crippen molar-refractivity contribution in [1.82, 2.24) is 5.32 Å². The molecule has 1 aromatic carbocycles. The van der Waals surface area contributed by atoms with Gasteiger partial charge in [0.2, 0.25) is 0 Å². The number of benzene rings is 1. The molecule has 1 aliphatic rings. The summed E-state index contributed by atoms with van der Waals surface area (Å²) in [6.07, 6.45) is 1.46. The molecular weight excluding hydrogens is 210 g/mol. The van der Waals surface area contributed by atoms with E-state index in [9.17, 15) is 0 Å². The summed E-state index contributed by atoms with van der Waals surface area (Å²) in [5.74, 6) is 0.588. The van der Waals surface area contributed by atoms with Crippen LogP contribution in [-0.4, -0.2) is 18.8 Å². The van der Waals surface area contributed by atoms with Crippen LogP contribution in [-0.2, 0) is 4.74 Å². The number of nitrogens with one attached hydrogen (secondary N) is 1. The Balaban J connectivity index is 2.08. The van der Waals surface area contributed by atoms with Crippen molar-refractivity contribution in [3.63, 3.8) is 0 Å². The lowest BCUT2D eigenvalue weighted by Gasteiger charge is -2.28. The average molecular weight is 233 g/mol. The fourth-order valence-corrected chi connectivity index (χ4v) is 2.52. The Morgan fingerprint density at radius 1 is 1.24 bits per heavy atom. The van der Waals surface area contributed by atoms with Crippen molar-refractivity contribution in [3.05, 3.63) is 35.9 Å². The molecule has 2 heteroatoms. The molecule has 1 fully saturated rings. The van der Waals surface area contributed by atoms with Gasteiger partial charge in [-0.25, -0.2) is 0 Å². The first-order valence-corrected chi connectivity index (χ1v) is 6.61. The monoisotopic (exact) mass is 233 g/mol. The third kappa shape index (κ3) is 3.08. The van der Waals surface area contributed by atoms with Crippen LogP contribution in [0.2, 0.25) is 0 Å². The molecule has 3 unspecified atom stereocenters. The van der Waals surface area contributed by atoms with Gasteiger partial charge in [0.15, 0.2) is 0 Å². The van der Waals surface area contributed by atoms with Gasteiger partial charge in [0.25, 0.3) is 0 Å². The Hall–Kier alpha value is -0.860. The molecule has 1 N–H and O–H groups in total. The van der Waals surface area contributed by atoms with Crippen molar-refractivity contribution in [2.45, 2.75) is 45.4 Å². The Kier molecular flexibility index (Phi) is 4.19. The Bertz CT molecular complexity index is 336. The smallest absolute Gasteiger partial charge is 0.0700 e. The van der Waals surface area contributed by atoms with Crippen molar-refractivity contribution >= 4 is 0 Å². The molecule has 2 rings (SSSR count). The molecule has 2 nitrogen and oxygen atoms in total. The number of rotatable bonds is 4. The predicted molar refractivity (Wildman–Crippen MR) is 71.0 cm³/mol. The van der Waals surface area contributed by atoms with E-state index in [0.717, 1.165) is 13.0 Å². The van der Waals surface area contributed by atoms with Crippen LogP contribution in [0.5, 0.6) is 0 Å². The van der Waals surface area contributed by atoms with Gasteiger partial charge in [-0.2, -0.15) is 0 Å². The quantitative estimate of drug-likeness (QED) is 0.862. The second kappa shape index (κ2) is 5.65. The standard InChI is InChI=1S/C15H23NO/c1-11(2)15(13-7-5-4-6-8-13)16-14-9-10-17-12(14)3/h4-8,11-12,14-16H,9-10H2,1-3H3. The first-order valence-electron chi connectivity index (χ1n) is 6.61. The highest BCUT2D eigenvalue weighted by Crippen LogP contribution is 2.25. The summed E-state index contributed by atoms with van der Waals surface area (Å²) in [7, 11) is 0. The van der Waals surface area contributed by atoms with Crippen LogP contribution in [0.3, 0.4) is 0 Å². The first-order chi connectivity index (χ1) is 8.18. The molecule has 0 radical (unpaired) electrons. The van der Waals surface area contributed by atoms with Crippen LogP contribution in [0, 0.1) is 5.92 Å². The van der Waals surface area contributed by atoms with Crippen molar-refractivity contribution in [1.29, 1.82) is 0 Å². The van der Waals surface area contributed by atoms with E-state index in [4.69, 9.17) is 4.74 Å². The fraction of sp³-hybridized carbons (Fsp3) is 0.600. The third-order valence-corrected chi connectivity index (χ3v) is 3.60. The molecule has 0 saturated carbocycles. The zero-order valence-corrected chi connectivity index (χ0v) is 11.0. The highest BCUT2D eigenvalue weighted by atomic mass is 16.5. The van der Waals surface area contributed by atoms with Crippen molar-refractivity contribution in [2.75, 3.05) is 6.61 Å². The summed E-state index contributed by atoms with van der Waals surface area (Å²) < 4.78 is 5.62. The van der Waals surface area contributed by atoms with Crippen LogP contribution < -0.4 is 5.32 Å². The molecule has 0 amide bonds. The molecule has 1 aromatic rings. The highest BCUT2D eigenvalue weighted by Gasteiger charge is 2.28. The van der Waals surface area contributed by atoms with E-state index < -0.39 is 0 Å². The lowest BCUT2D eigenvalue weighted by molar-refractivity contribution is 0.109. The van der Waals surface area contributed by atoms with Crippen LogP contribution in [0.15, 0.2) is 30.3 Å². The number of hydrogen-bond donors (Lipinski definition) is 1. The van der Waals surface area contributed by atoms with Crippen molar-refractivity contribution in [3.8, 4) is 0 Å². The lowest BCUT2D eigenvalue weighted by Crippen LogP contribution is -2.39. The van der Waals surface area contributed by atoms with E-state index >= 15 is 0 Å². The zero-order valence-electron chi connectivity index (χ0n) is 11.0. The van der Waals surface area contributed by atoms with Crippen LogP contribution >= 0.6 is 0 Å². The van der Waals surface area contributed by atoms with Gasteiger partial charge in [0.05, 0.1) is 6.10 Å². The fourth-order valence-electron chi connectivity index (χ4n) is 2.52. The molecule has 1 saturated heterocycles. The van der Waals surface area contributed by atoms with Crippen LogP contribution in [0.4, 0.5) is 0 Å². The van der Waals surface area contributed by atoms with E-state index in [1.165, 1.54) is 5.56 Å². The zero-order chi connectivity index (χ0) is 12.3. The Morgan fingerprint density at radius 3 is 2.47 bits per heavy atom. The summed E-state index contributed by atoms with van der Waals surface area (Å²) in [4.78, 5) is 0. The molecule has 1 aliphatic heterocycles. The molecule has 94 valence electrons. The van der Waals surface area contributed by atoms with Gasteiger partial charge in [-0.05, 0) is 24.8 Å². The number of ether oxygens (including phenoxy) is 1. The molecule has 0 spiro atoms. The number of hydrogen-bond acceptors (Lipinski definition) is 2. The summed E-state index contributed by atoms with van der Waals surface area (Å²) in [6.45, 7) is 7.59. The maximum Gasteiger partial charge on any atom is 0.0700 e. The molecule has 17 heavy (non-hydrogen) atoms. The molecule has 0 bridgehead atoms. The van der Waals surface area contributed by atoms with Gasteiger partial charge in [-0.1, -0.05) is 44.2 Å². The molecule has 1 heterocycles. The van der Waals surface area contributed by atoms with Gasteiger partial charge in [-0.3, -0.25) is 0 Å². The van der Waals surface area contributed by atoms with Gasteiger partial charge in [0, 0.05) is 18.7 Å². The molecule has 0 aliphatic carbocycles. The summed E-state index contributed by atoms with van der Waals surface area (Å²) in [5.41, 5.74) is 1.38. The average Bonchev–Trinajstić information content (AvgIpc) is 2.72. The molecular formula is C15H23NO. The first kappa shape index (κ1) is 12.6. The third-order valence-electron chi connectivity index (χ3n) is 3.60. The van der Waals surface area contributed by atoms with Crippen molar-refractivity contribution in [2.24, 2.45) is 5.92 Å². The van der Waals surface area contributed by atoms with E-state index in [2.05, 4.69) is 56.4 Å². The molecule has 3 atom stereocenters. The topological polar surface area (TPSA) is 21.3 Å². The minimum absolute atomic E-state index is 0.333. The summed E-state index contributed by atoms with van der Waals surface area (Å²) in [5, 5.41) is 3.76. The van der Waals surface area contributed by atoms with Crippen LogP contribution in [0.1, 0.15) is 38.8 Å². The van der Waals surface area contributed by atoms with Gasteiger partial charge >= 0.3 is 0 Å². The minimum Gasteiger partial charge on any atom is -0.377 e. The summed E-state index contributed by atoms with van der Waals surface area (Å²) in [6, 6.07) is 11.6. The lowest BCUT2D eigenvalue weighted by atomic mass is 9.94. The second-order valence-electron chi connectivity index (χ2n) is 5.27. The van der Waals surface area contributed by atoms with E-state index in [0.29, 0.717) is 24.1 Å². The Morgan fingerprint density at radius 2 is 1.94 bits per heavy atom. The maximum absolute atomic E-state index is 5.62. The van der Waals surface area contributed by atoms with E-state index in [1.807, 2.05) is 0 Å². The highest BCUT2D eigenvalue weighted by molar-refractivity contribution is 5.19. The van der Waals surface area contributed by atoms with E-state index in [1.54, 1.807) is 0 Å². The van der Waals surface area contributed by atoms with Crippen molar-refractivity contribution < 1.29 is 4.74 Å². The predicted octanol–water partition coefficient (Wildman–Crippen LogP) is 3.15. The SMILES string of the molecule is CC(C)C(NC1CCOC1C)c1ccccc1. The maximum atomic E-state index is 5.62. The second-order valence-corrected chi connectivity index (χ2v) is 5.27. The van der Waals surface area contributed by atoms with Gasteiger partial charge in [-0.15, -0.1) is 0 Å². The van der Waals surface area contributed by atoms with E-state index in [-0.39, 0.29) is 0 Å². The molecule has 0 aromatic heterocycles. The minimum atomic E-state index is 0.333. The van der Waals surface area contributed by atoms with Crippen LogP contribution in [0.25, 0.3) is 0 Å².